The van der Waals surface area contributed by atoms with Crippen molar-refractivity contribution in [3.05, 3.63) is 27.8 Å². The van der Waals surface area contributed by atoms with E-state index in [1.807, 2.05) is 13.8 Å². The number of hydrogen-bond acceptors (Lipinski definition) is 7. The highest BCUT2D eigenvalue weighted by Crippen LogP contribution is 2.14. The van der Waals surface area contributed by atoms with Crippen molar-refractivity contribution >= 4 is 23.7 Å². The van der Waals surface area contributed by atoms with Crippen LogP contribution in [0.25, 0.3) is 0 Å². The Morgan fingerprint density at radius 3 is 2.95 bits per heavy atom. The van der Waals surface area contributed by atoms with E-state index in [4.69, 9.17) is 4.52 Å². The molecule has 0 spiro atoms. The van der Waals surface area contributed by atoms with Gasteiger partial charge in [-0.15, -0.1) is 23.7 Å². The molecule has 1 unspecified atom stereocenters. The van der Waals surface area contributed by atoms with E-state index in [0.29, 0.717) is 11.9 Å². The fourth-order valence-corrected chi connectivity index (χ4v) is 3.32. The molecule has 1 aliphatic heterocycles. The molecule has 1 atom stereocenters. The number of halogens is 1. The zero-order chi connectivity index (χ0) is 14.7. The number of thiazole rings is 1. The van der Waals surface area contributed by atoms with Crippen LogP contribution in [0, 0.1) is 13.8 Å². The van der Waals surface area contributed by atoms with Gasteiger partial charge in [-0.1, -0.05) is 5.16 Å². The number of aryl methyl sites for hydroxylation is 2. The Balaban J connectivity index is 0.00000176. The summed E-state index contributed by atoms with van der Waals surface area (Å²) >= 11 is 1.71. The zero-order valence-corrected chi connectivity index (χ0v) is 14.5. The summed E-state index contributed by atoms with van der Waals surface area (Å²) in [5.41, 5.74) is 1.14. The van der Waals surface area contributed by atoms with Gasteiger partial charge in [0.25, 0.3) is 0 Å². The van der Waals surface area contributed by atoms with E-state index < -0.39 is 0 Å². The van der Waals surface area contributed by atoms with Crippen molar-refractivity contribution in [1.82, 2.24) is 25.3 Å². The van der Waals surface area contributed by atoms with E-state index in [1.165, 1.54) is 12.8 Å². The summed E-state index contributed by atoms with van der Waals surface area (Å²) in [6.07, 6.45) is 2.41. The molecule has 2 aromatic heterocycles. The largest absolute Gasteiger partial charge is 0.340 e. The minimum absolute atomic E-state index is 0. The highest BCUT2D eigenvalue weighted by molar-refractivity contribution is 7.09. The van der Waals surface area contributed by atoms with E-state index in [0.717, 1.165) is 42.7 Å². The predicted octanol–water partition coefficient (Wildman–Crippen LogP) is 2.32. The summed E-state index contributed by atoms with van der Waals surface area (Å²) in [5.74, 6) is 1.42. The maximum atomic E-state index is 5.03. The van der Waals surface area contributed by atoms with Crippen molar-refractivity contribution in [2.75, 3.05) is 13.1 Å². The molecule has 1 fully saturated rings. The minimum Gasteiger partial charge on any atom is -0.340 e. The summed E-state index contributed by atoms with van der Waals surface area (Å²) in [6.45, 7) is 7.62. The molecular weight excluding hydrogens is 322 g/mol. The second-order valence-corrected chi connectivity index (χ2v) is 6.60. The molecule has 6 nitrogen and oxygen atoms in total. The molecule has 3 rings (SSSR count). The Kier molecular flexibility index (Phi) is 6.31. The smallest absolute Gasteiger partial charge is 0.223 e. The van der Waals surface area contributed by atoms with E-state index >= 15 is 0 Å². The molecule has 8 heteroatoms. The monoisotopic (exact) mass is 343 g/mol. The third-order valence-electron chi connectivity index (χ3n) is 3.68. The Morgan fingerprint density at radius 2 is 2.27 bits per heavy atom. The Hall–Kier alpha value is -1.02. The molecule has 0 saturated carbocycles. The summed E-state index contributed by atoms with van der Waals surface area (Å²) in [5, 5.41) is 10.8. The van der Waals surface area contributed by atoms with Gasteiger partial charge in [0, 0.05) is 31.4 Å². The van der Waals surface area contributed by atoms with Crippen LogP contribution in [-0.4, -0.2) is 39.2 Å². The first-order valence-corrected chi connectivity index (χ1v) is 8.23. The number of aromatic nitrogens is 3. The van der Waals surface area contributed by atoms with Crippen LogP contribution in [0.1, 0.15) is 35.3 Å². The maximum absolute atomic E-state index is 5.03. The maximum Gasteiger partial charge on any atom is 0.223 e. The van der Waals surface area contributed by atoms with Crippen LogP contribution in [0.15, 0.2) is 9.90 Å². The molecule has 3 heterocycles. The molecule has 0 amide bonds. The van der Waals surface area contributed by atoms with E-state index in [-0.39, 0.29) is 12.4 Å². The first kappa shape index (κ1) is 17.3. The predicted molar refractivity (Wildman–Crippen MR) is 88.3 cm³/mol. The fraction of sp³-hybridized carbons (Fsp3) is 0.643. The van der Waals surface area contributed by atoms with Crippen molar-refractivity contribution in [3.63, 3.8) is 0 Å². The average Bonchev–Trinajstić information content (AvgIpc) is 3.06. The Morgan fingerprint density at radius 1 is 1.41 bits per heavy atom. The second-order valence-electron chi connectivity index (χ2n) is 5.54. The molecular formula is C14H22ClN5OS. The lowest BCUT2D eigenvalue weighted by atomic mass is 10.1. The summed E-state index contributed by atoms with van der Waals surface area (Å²) in [7, 11) is 0. The van der Waals surface area contributed by atoms with Gasteiger partial charge in [-0.3, -0.25) is 4.90 Å². The van der Waals surface area contributed by atoms with Crippen molar-refractivity contribution in [2.24, 2.45) is 0 Å². The lowest BCUT2D eigenvalue weighted by Crippen LogP contribution is -2.45. The number of piperidine rings is 1. The molecule has 0 bridgehead atoms. The minimum atomic E-state index is 0. The third-order valence-corrected chi connectivity index (χ3v) is 4.50. The van der Waals surface area contributed by atoms with Crippen LogP contribution in [0.5, 0.6) is 0 Å². The van der Waals surface area contributed by atoms with Gasteiger partial charge in [-0.25, -0.2) is 4.98 Å². The standard InChI is InChI=1S/C14H21N5OS.ClH/c1-10-16-14(18-20-10)8-19-5-3-4-12(7-19)15-6-13-9-21-11(2)17-13;/h9,12,15H,3-8H2,1-2H3;1H. The number of rotatable bonds is 5. The molecule has 1 aliphatic rings. The third kappa shape index (κ3) is 4.74. The summed E-state index contributed by atoms with van der Waals surface area (Å²) < 4.78 is 5.03. The molecule has 1 N–H and O–H groups in total. The van der Waals surface area contributed by atoms with Gasteiger partial charge in [0.2, 0.25) is 5.89 Å². The first-order valence-electron chi connectivity index (χ1n) is 7.35. The second kappa shape index (κ2) is 8.01. The van der Waals surface area contributed by atoms with E-state index in [1.54, 1.807) is 11.3 Å². The molecule has 2 aromatic rings. The van der Waals surface area contributed by atoms with Gasteiger partial charge < -0.3 is 9.84 Å². The van der Waals surface area contributed by atoms with Crippen molar-refractivity contribution in [2.45, 2.75) is 45.8 Å². The Bertz CT molecular complexity index is 587. The van der Waals surface area contributed by atoms with Crippen LogP contribution < -0.4 is 5.32 Å². The van der Waals surface area contributed by atoms with Crippen molar-refractivity contribution in [1.29, 1.82) is 0 Å². The van der Waals surface area contributed by atoms with Gasteiger partial charge in [0.1, 0.15) is 0 Å². The van der Waals surface area contributed by atoms with Gasteiger partial charge >= 0.3 is 0 Å². The molecule has 0 aromatic carbocycles. The fourth-order valence-electron chi connectivity index (χ4n) is 2.71. The molecule has 1 saturated heterocycles. The highest BCUT2D eigenvalue weighted by Gasteiger charge is 2.21. The van der Waals surface area contributed by atoms with Crippen molar-refractivity contribution < 1.29 is 4.52 Å². The quantitative estimate of drug-likeness (QED) is 0.898. The van der Waals surface area contributed by atoms with Crippen LogP contribution in [0.3, 0.4) is 0 Å². The number of hydrogen-bond donors (Lipinski definition) is 1. The first-order chi connectivity index (χ1) is 10.2. The molecule has 0 radical (unpaired) electrons. The summed E-state index contributed by atoms with van der Waals surface area (Å²) in [4.78, 5) is 11.2. The van der Waals surface area contributed by atoms with E-state index in [2.05, 4.69) is 30.7 Å². The van der Waals surface area contributed by atoms with E-state index in [9.17, 15) is 0 Å². The van der Waals surface area contributed by atoms with Gasteiger partial charge in [-0.2, -0.15) is 4.98 Å². The lowest BCUT2D eigenvalue weighted by molar-refractivity contribution is 0.177. The zero-order valence-electron chi connectivity index (χ0n) is 12.9. The topological polar surface area (TPSA) is 67.1 Å². The lowest BCUT2D eigenvalue weighted by Gasteiger charge is -2.32. The summed E-state index contributed by atoms with van der Waals surface area (Å²) in [6, 6.07) is 0.508. The highest BCUT2D eigenvalue weighted by atomic mass is 35.5. The molecule has 0 aliphatic carbocycles. The normalized spacial score (nSPS) is 19.1. The van der Waals surface area contributed by atoms with Crippen LogP contribution >= 0.6 is 23.7 Å². The van der Waals surface area contributed by atoms with Crippen LogP contribution in [0.2, 0.25) is 0 Å². The number of nitrogens with one attached hydrogen (secondary N) is 1. The number of nitrogens with zero attached hydrogens (tertiary/aromatic N) is 4. The SMILES string of the molecule is Cc1nc(CN2CCCC(NCc3csc(C)n3)C2)no1.Cl. The Labute approximate surface area is 140 Å². The van der Waals surface area contributed by atoms with Crippen molar-refractivity contribution in [3.8, 4) is 0 Å². The van der Waals surface area contributed by atoms with Crippen LogP contribution in [-0.2, 0) is 13.1 Å². The van der Waals surface area contributed by atoms with Gasteiger partial charge in [0.05, 0.1) is 17.2 Å². The molecule has 122 valence electrons. The van der Waals surface area contributed by atoms with Gasteiger partial charge in [0.15, 0.2) is 5.82 Å². The average molecular weight is 344 g/mol. The van der Waals surface area contributed by atoms with Crippen LogP contribution in [0.4, 0.5) is 0 Å². The van der Waals surface area contributed by atoms with Gasteiger partial charge in [-0.05, 0) is 26.3 Å². The number of likely N-dealkylation sites (tertiary alicyclic amines) is 1. The molecule has 22 heavy (non-hydrogen) atoms.